The molecule has 9 heavy (non-hydrogen) atoms. The Balaban J connectivity index is 3.20. The van der Waals surface area contributed by atoms with E-state index in [9.17, 15) is 8.42 Å². The largest absolute Gasteiger partial charge is 0.237 e. The Hall–Kier alpha value is -0.840. The summed E-state index contributed by atoms with van der Waals surface area (Å²) < 4.78 is 22.1. The van der Waals surface area contributed by atoms with Gasteiger partial charge in [0.15, 0.2) is 6.33 Å². The second-order valence-electron chi connectivity index (χ2n) is 1.59. The fourth-order valence-corrected chi connectivity index (χ4v) is 0.873. The molecule has 0 amide bonds. The SMILES string of the molecule is CS(=O)(=O)n1[c]ncc1. The minimum Gasteiger partial charge on any atom is -0.233 e. The molecule has 0 saturated carbocycles. The molecule has 5 heteroatoms. The lowest BCUT2D eigenvalue weighted by Crippen LogP contribution is -2.06. The van der Waals surface area contributed by atoms with Crippen molar-refractivity contribution in [3.8, 4) is 0 Å². The zero-order valence-electron chi connectivity index (χ0n) is 4.77. The third kappa shape index (κ3) is 1.29. The van der Waals surface area contributed by atoms with Crippen molar-refractivity contribution in [1.82, 2.24) is 8.96 Å². The van der Waals surface area contributed by atoms with E-state index in [2.05, 4.69) is 11.3 Å². The van der Waals surface area contributed by atoms with E-state index in [1.54, 1.807) is 0 Å². The molecule has 4 nitrogen and oxygen atoms in total. The highest BCUT2D eigenvalue weighted by Crippen LogP contribution is 1.88. The van der Waals surface area contributed by atoms with Crippen molar-refractivity contribution < 1.29 is 8.42 Å². The summed E-state index contributed by atoms with van der Waals surface area (Å²) in [5.41, 5.74) is 0. The number of rotatable bonds is 1. The standard InChI is InChI=1S/C4H5N2O2S/c1-9(7,8)6-3-2-5-4-6/h2-3H,1H3. The zero-order valence-corrected chi connectivity index (χ0v) is 5.59. The lowest BCUT2D eigenvalue weighted by Gasteiger charge is -1.91. The van der Waals surface area contributed by atoms with Crippen LogP contribution in [0.15, 0.2) is 12.4 Å². The quantitative estimate of drug-likeness (QED) is 0.535. The summed E-state index contributed by atoms with van der Waals surface area (Å²) in [5.74, 6) is 0. The fraction of sp³-hybridized carbons (Fsp3) is 0.250. The molecule has 1 aromatic rings. The normalized spacial score (nSPS) is 11.7. The van der Waals surface area contributed by atoms with Crippen LogP contribution in [0.3, 0.4) is 0 Å². The van der Waals surface area contributed by atoms with E-state index in [0.717, 1.165) is 10.2 Å². The third-order valence-electron chi connectivity index (χ3n) is 0.790. The fourth-order valence-electron chi connectivity index (χ4n) is 0.402. The van der Waals surface area contributed by atoms with E-state index in [1.165, 1.54) is 12.4 Å². The molecule has 1 aromatic heterocycles. The number of hydrogen-bond acceptors (Lipinski definition) is 3. The lowest BCUT2D eigenvalue weighted by molar-refractivity contribution is 0.593. The van der Waals surface area contributed by atoms with Gasteiger partial charge in [-0.15, -0.1) is 0 Å². The molecule has 0 bridgehead atoms. The van der Waals surface area contributed by atoms with E-state index in [1.807, 2.05) is 0 Å². The topological polar surface area (TPSA) is 52.0 Å². The van der Waals surface area contributed by atoms with Crippen molar-refractivity contribution in [2.45, 2.75) is 0 Å². The molecule has 0 unspecified atom stereocenters. The third-order valence-corrected chi connectivity index (χ3v) is 1.71. The molecule has 0 aliphatic heterocycles. The number of imidazole rings is 1. The van der Waals surface area contributed by atoms with Gasteiger partial charge in [-0.1, -0.05) is 0 Å². The Labute approximate surface area is 53.2 Å². The van der Waals surface area contributed by atoms with Crippen molar-refractivity contribution in [3.05, 3.63) is 18.7 Å². The summed E-state index contributed by atoms with van der Waals surface area (Å²) in [7, 11) is -3.16. The van der Waals surface area contributed by atoms with Crippen molar-refractivity contribution in [2.75, 3.05) is 6.26 Å². The summed E-state index contributed by atoms with van der Waals surface area (Å²) in [6, 6.07) is 0. The highest BCUT2D eigenvalue weighted by Gasteiger charge is 2.01. The van der Waals surface area contributed by atoms with Crippen LogP contribution in [0.2, 0.25) is 0 Å². The molecule has 1 rings (SSSR count). The molecule has 1 radical (unpaired) electrons. The number of hydrogen-bond donors (Lipinski definition) is 0. The Bertz CT molecular complexity index is 274. The second kappa shape index (κ2) is 1.84. The van der Waals surface area contributed by atoms with Gasteiger partial charge in [-0.2, -0.15) is 0 Å². The maximum Gasteiger partial charge on any atom is 0.237 e. The van der Waals surface area contributed by atoms with Gasteiger partial charge in [-0.25, -0.2) is 17.4 Å². The van der Waals surface area contributed by atoms with Gasteiger partial charge >= 0.3 is 0 Å². The summed E-state index contributed by atoms with van der Waals surface area (Å²) in [6.07, 6.45) is 6.04. The Kier molecular flexibility index (Phi) is 1.28. The minimum absolute atomic E-state index is 0.924. The van der Waals surface area contributed by atoms with Crippen molar-refractivity contribution >= 4 is 10.0 Å². The van der Waals surface area contributed by atoms with E-state index in [0.29, 0.717) is 0 Å². The van der Waals surface area contributed by atoms with Gasteiger partial charge in [0.05, 0.1) is 6.26 Å². The molecule has 1 heterocycles. The first-order valence-electron chi connectivity index (χ1n) is 2.22. The maximum atomic E-state index is 10.6. The Morgan fingerprint density at radius 1 is 1.67 bits per heavy atom. The van der Waals surface area contributed by atoms with Gasteiger partial charge in [-0.05, 0) is 0 Å². The van der Waals surface area contributed by atoms with E-state index in [4.69, 9.17) is 0 Å². The molecule has 0 atom stereocenters. The van der Waals surface area contributed by atoms with Crippen molar-refractivity contribution in [1.29, 1.82) is 0 Å². The minimum atomic E-state index is -3.16. The van der Waals surface area contributed by atoms with Crippen molar-refractivity contribution in [2.24, 2.45) is 0 Å². The average molecular weight is 145 g/mol. The summed E-state index contributed by atoms with van der Waals surface area (Å²) >= 11 is 0. The number of nitrogens with zero attached hydrogens (tertiary/aromatic N) is 2. The van der Waals surface area contributed by atoms with Crippen LogP contribution in [0.1, 0.15) is 0 Å². The van der Waals surface area contributed by atoms with Crippen LogP contribution in [-0.4, -0.2) is 23.6 Å². The van der Waals surface area contributed by atoms with Gasteiger partial charge in [0.1, 0.15) is 0 Å². The molecule has 0 aliphatic carbocycles. The first-order chi connectivity index (χ1) is 4.11. The molecule has 0 N–H and O–H groups in total. The molecular formula is C4H5N2O2S. The maximum absolute atomic E-state index is 10.6. The van der Waals surface area contributed by atoms with E-state index >= 15 is 0 Å². The van der Waals surface area contributed by atoms with Crippen LogP contribution in [-0.2, 0) is 10.0 Å². The highest BCUT2D eigenvalue weighted by molar-refractivity contribution is 7.89. The molecule has 0 aliphatic rings. The second-order valence-corrected chi connectivity index (χ2v) is 3.45. The number of aromatic nitrogens is 2. The molecule has 0 fully saturated rings. The van der Waals surface area contributed by atoms with Crippen LogP contribution in [0.25, 0.3) is 0 Å². The first-order valence-corrected chi connectivity index (χ1v) is 4.07. The average Bonchev–Trinajstić information content (AvgIpc) is 2.08. The van der Waals surface area contributed by atoms with Gasteiger partial charge in [0.25, 0.3) is 0 Å². The van der Waals surface area contributed by atoms with Gasteiger partial charge in [0, 0.05) is 12.4 Å². The molecule has 0 saturated heterocycles. The van der Waals surface area contributed by atoms with Crippen LogP contribution >= 0.6 is 0 Å². The first kappa shape index (κ1) is 6.28. The Morgan fingerprint density at radius 3 is 2.56 bits per heavy atom. The molecule has 0 spiro atoms. The Morgan fingerprint density at radius 2 is 2.33 bits per heavy atom. The van der Waals surface area contributed by atoms with Crippen LogP contribution in [0.4, 0.5) is 0 Å². The van der Waals surface area contributed by atoms with Gasteiger partial charge < -0.3 is 0 Å². The van der Waals surface area contributed by atoms with E-state index in [-0.39, 0.29) is 0 Å². The summed E-state index contributed by atoms with van der Waals surface area (Å²) in [4.78, 5) is 3.45. The highest BCUT2D eigenvalue weighted by atomic mass is 32.2. The van der Waals surface area contributed by atoms with Gasteiger partial charge in [0.2, 0.25) is 10.0 Å². The molecule has 49 valence electrons. The zero-order chi connectivity index (χ0) is 6.91. The van der Waals surface area contributed by atoms with Crippen LogP contribution in [0, 0.1) is 6.33 Å². The summed E-state index contributed by atoms with van der Waals surface area (Å²) in [5, 5.41) is 0. The lowest BCUT2D eigenvalue weighted by atomic mass is 11.0. The summed E-state index contributed by atoms with van der Waals surface area (Å²) in [6.45, 7) is 0. The monoisotopic (exact) mass is 145 g/mol. The predicted octanol–water partition coefficient (Wildman–Crippen LogP) is -0.509. The van der Waals surface area contributed by atoms with Crippen molar-refractivity contribution in [3.63, 3.8) is 0 Å². The molecule has 0 aromatic carbocycles. The van der Waals surface area contributed by atoms with E-state index < -0.39 is 10.0 Å². The van der Waals surface area contributed by atoms with Crippen LogP contribution < -0.4 is 0 Å². The predicted molar refractivity (Wildman–Crippen MR) is 31.3 cm³/mol. The van der Waals surface area contributed by atoms with Crippen LogP contribution in [0.5, 0.6) is 0 Å². The van der Waals surface area contributed by atoms with Gasteiger partial charge in [-0.3, -0.25) is 0 Å². The molecular weight excluding hydrogens is 140 g/mol. The smallest absolute Gasteiger partial charge is 0.233 e.